The molecule has 0 saturated carbocycles. The number of ketones is 2. The maximum atomic E-state index is 13.8. The van der Waals surface area contributed by atoms with Crippen LogP contribution in [0.25, 0.3) is 10.8 Å². The van der Waals surface area contributed by atoms with E-state index in [1.165, 1.54) is 18.2 Å². The average Bonchev–Trinajstić information content (AvgIpc) is 3.21. The number of halogens is 2. The van der Waals surface area contributed by atoms with E-state index in [1.807, 2.05) is 24.3 Å². The zero-order valence-corrected chi connectivity index (χ0v) is 20.0. The van der Waals surface area contributed by atoms with Gasteiger partial charge in [-0.25, -0.2) is 4.79 Å². The van der Waals surface area contributed by atoms with Crippen molar-refractivity contribution in [3.63, 3.8) is 0 Å². The number of rotatable bonds is 6. The Balaban J connectivity index is 1.54. The molecule has 0 radical (unpaired) electrons. The van der Waals surface area contributed by atoms with Crippen LogP contribution in [0.2, 0.25) is 10.0 Å². The van der Waals surface area contributed by atoms with E-state index in [0.29, 0.717) is 10.6 Å². The van der Waals surface area contributed by atoms with E-state index < -0.39 is 35.5 Å². The van der Waals surface area contributed by atoms with Gasteiger partial charge < -0.3 is 10.1 Å². The number of cyclic esters (lactones) is 1. The second kappa shape index (κ2) is 9.57. The summed E-state index contributed by atoms with van der Waals surface area (Å²) in [6.07, 6.45) is -1.26. The van der Waals surface area contributed by atoms with Crippen LogP contribution in [-0.4, -0.2) is 23.4 Å². The molecule has 1 amide bonds. The first-order chi connectivity index (χ1) is 17.3. The molecular formula is C28H17Cl2NO5. The molecule has 1 aliphatic rings. The van der Waals surface area contributed by atoms with Crippen molar-refractivity contribution in [3.05, 3.63) is 112 Å². The summed E-state index contributed by atoms with van der Waals surface area (Å²) in [6.45, 7) is 0. The van der Waals surface area contributed by atoms with E-state index >= 15 is 0 Å². The molecule has 2 atom stereocenters. The van der Waals surface area contributed by atoms with Gasteiger partial charge in [0.2, 0.25) is 5.78 Å². The monoisotopic (exact) mass is 517 g/mol. The molecule has 5 rings (SSSR count). The van der Waals surface area contributed by atoms with E-state index in [0.717, 1.165) is 10.8 Å². The Morgan fingerprint density at radius 3 is 2.33 bits per heavy atom. The van der Waals surface area contributed by atoms with Crippen molar-refractivity contribution >= 4 is 63.1 Å². The van der Waals surface area contributed by atoms with Gasteiger partial charge in [0.05, 0.1) is 16.3 Å². The summed E-state index contributed by atoms with van der Waals surface area (Å²) in [5.74, 6) is -5.05. The van der Waals surface area contributed by atoms with Crippen molar-refractivity contribution in [2.75, 3.05) is 5.32 Å². The third-order valence-electron chi connectivity index (χ3n) is 6.03. The summed E-state index contributed by atoms with van der Waals surface area (Å²) < 4.78 is 5.48. The van der Waals surface area contributed by atoms with Crippen molar-refractivity contribution in [1.29, 1.82) is 0 Å². The Labute approximate surface area is 215 Å². The van der Waals surface area contributed by atoms with Gasteiger partial charge in [-0.05, 0) is 41.1 Å². The Morgan fingerprint density at radius 2 is 1.56 bits per heavy atom. The lowest BCUT2D eigenvalue weighted by molar-refractivity contribution is -0.138. The molecule has 4 aromatic carbocycles. The van der Waals surface area contributed by atoms with E-state index in [2.05, 4.69) is 5.32 Å². The quantitative estimate of drug-likeness (QED) is 0.145. The van der Waals surface area contributed by atoms with Crippen molar-refractivity contribution in [1.82, 2.24) is 0 Å². The second-order valence-electron chi connectivity index (χ2n) is 8.26. The van der Waals surface area contributed by atoms with Crippen LogP contribution >= 0.6 is 23.2 Å². The van der Waals surface area contributed by atoms with Gasteiger partial charge in [0.1, 0.15) is 12.0 Å². The van der Waals surface area contributed by atoms with Crippen molar-refractivity contribution in [2.45, 2.75) is 6.10 Å². The molecule has 0 saturated heterocycles. The number of nitrogens with one attached hydrogen (secondary N) is 1. The molecule has 0 aliphatic carbocycles. The molecule has 8 heteroatoms. The van der Waals surface area contributed by atoms with Gasteiger partial charge in [-0.1, -0.05) is 77.8 Å². The number of hydrogen-bond donors (Lipinski definition) is 1. The summed E-state index contributed by atoms with van der Waals surface area (Å²) in [4.78, 5) is 52.8. The summed E-state index contributed by atoms with van der Waals surface area (Å²) in [5, 5.41) is 4.61. The first-order valence-electron chi connectivity index (χ1n) is 11.0. The number of carbonyl (C=O) groups is 4. The molecule has 1 N–H and O–H groups in total. The molecule has 36 heavy (non-hydrogen) atoms. The SMILES string of the molecule is O=C(Nc1ccc(Cl)cc1Cl)C(=O)[C@H](C(=O)c1ccc2ccccc2c1)[C@@H]1OC(=O)c2ccccc21. The molecule has 178 valence electrons. The van der Waals surface area contributed by atoms with Gasteiger partial charge in [-0.15, -0.1) is 0 Å². The van der Waals surface area contributed by atoms with Crippen molar-refractivity contribution in [3.8, 4) is 0 Å². The normalized spacial score (nSPS) is 15.2. The summed E-state index contributed by atoms with van der Waals surface area (Å²) in [7, 11) is 0. The number of esters is 1. The number of hydrogen-bond acceptors (Lipinski definition) is 5. The molecule has 1 heterocycles. The molecule has 0 bridgehead atoms. The van der Waals surface area contributed by atoms with Gasteiger partial charge in [0, 0.05) is 16.1 Å². The molecule has 6 nitrogen and oxygen atoms in total. The second-order valence-corrected chi connectivity index (χ2v) is 9.10. The summed E-state index contributed by atoms with van der Waals surface area (Å²) >= 11 is 12.0. The highest BCUT2D eigenvalue weighted by Crippen LogP contribution is 2.38. The van der Waals surface area contributed by atoms with Crippen LogP contribution in [0.15, 0.2) is 84.9 Å². The highest BCUT2D eigenvalue weighted by molar-refractivity contribution is 6.46. The first kappa shape index (κ1) is 23.7. The predicted octanol–water partition coefficient (Wildman–Crippen LogP) is 6.07. The first-order valence-corrected chi connectivity index (χ1v) is 11.7. The fourth-order valence-corrected chi connectivity index (χ4v) is 4.71. The van der Waals surface area contributed by atoms with Crippen LogP contribution in [0.5, 0.6) is 0 Å². The van der Waals surface area contributed by atoms with Crippen LogP contribution in [-0.2, 0) is 14.3 Å². The van der Waals surface area contributed by atoms with Crippen LogP contribution < -0.4 is 5.32 Å². The lowest BCUT2D eigenvalue weighted by Crippen LogP contribution is -2.38. The Kier molecular flexibility index (Phi) is 6.31. The highest BCUT2D eigenvalue weighted by Gasteiger charge is 2.46. The molecule has 4 aromatic rings. The number of anilines is 1. The fraction of sp³-hybridized carbons (Fsp3) is 0.0714. The van der Waals surface area contributed by atoms with Crippen LogP contribution in [0.1, 0.15) is 32.4 Å². The molecular weight excluding hydrogens is 501 g/mol. The number of fused-ring (bicyclic) bond motifs is 2. The van der Waals surface area contributed by atoms with Gasteiger partial charge in [0.25, 0.3) is 5.91 Å². The van der Waals surface area contributed by atoms with Gasteiger partial charge in [0.15, 0.2) is 5.78 Å². The fourth-order valence-electron chi connectivity index (χ4n) is 4.25. The van der Waals surface area contributed by atoms with Gasteiger partial charge in [-0.3, -0.25) is 14.4 Å². The summed E-state index contributed by atoms with van der Waals surface area (Å²) in [6, 6.07) is 23.3. The minimum absolute atomic E-state index is 0.124. The molecule has 0 unspecified atom stereocenters. The topological polar surface area (TPSA) is 89.5 Å². The van der Waals surface area contributed by atoms with Crippen LogP contribution in [0.4, 0.5) is 5.69 Å². The smallest absolute Gasteiger partial charge is 0.339 e. The Hall–Kier alpha value is -4.00. The predicted molar refractivity (Wildman–Crippen MR) is 136 cm³/mol. The number of Topliss-reactive ketones (excluding diaryl/α,β-unsaturated/α-hetero) is 2. The molecule has 0 fully saturated rings. The minimum Gasteiger partial charge on any atom is -0.453 e. The lowest BCUT2D eigenvalue weighted by atomic mass is 9.84. The highest BCUT2D eigenvalue weighted by atomic mass is 35.5. The standard InChI is InChI=1S/C28H17Cl2NO5/c29-18-11-12-22(21(30)14-18)31-27(34)25(33)23(26-19-7-3-4-8-20(19)28(35)36-26)24(32)17-10-9-15-5-1-2-6-16(15)13-17/h1-14,23,26H,(H,31,34)/t23-,26+/m0/s1. The summed E-state index contributed by atoms with van der Waals surface area (Å²) in [5.41, 5.74) is 0.977. The van der Waals surface area contributed by atoms with Crippen molar-refractivity contribution in [2.24, 2.45) is 5.92 Å². The van der Waals surface area contributed by atoms with E-state index in [-0.39, 0.29) is 21.8 Å². The van der Waals surface area contributed by atoms with E-state index in [9.17, 15) is 19.2 Å². The maximum Gasteiger partial charge on any atom is 0.339 e. The number of ether oxygens (including phenoxy) is 1. The lowest BCUT2D eigenvalue weighted by Gasteiger charge is -2.21. The maximum absolute atomic E-state index is 13.8. The van der Waals surface area contributed by atoms with Gasteiger partial charge >= 0.3 is 5.97 Å². The Morgan fingerprint density at radius 1 is 0.833 bits per heavy atom. The largest absolute Gasteiger partial charge is 0.453 e. The van der Waals surface area contributed by atoms with E-state index in [1.54, 1.807) is 42.5 Å². The van der Waals surface area contributed by atoms with Crippen LogP contribution in [0.3, 0.4) is 0 Å². The average molecular weight is 518 g/mol. The number of amides is 1. The minimum atomic E-state index is -1.61. The Bertz CT molecular complexity index is 1560. The molecule has 0 aromatic heterocycles. The van der Waals surface area contributed by atoms with Crippen molar-refractivity contribution < 1.29 is 23.9 Å². The zero-order valence-electron chi connectivity index (χ0n) is 18.5. The van der Waals surface area contributed by atoms with Crippen LogP contribution in [0, 0.1) is 5.92 Å². The third-order valence-corrected chi connectivity index (χ3v) is 6.57. The zero-order chi connectivity index (χ0) is 25.4. The molecule has 1 aliphatic heterocycles. The number of carbonyl (C=O) groups excluding carboxylic acids is 4. The van der Waals surface area contributed by atoms with Gasteiger partial charge in [-0.2, -0.15) is 0 Å². The van der Waals surface area contributed by atoms with E-state index in [4.69, 9.17) is 27.9 Å². The molecule has 0 spiro atoms. The number of benzene rings is 4. The third kappa shape index (κ3) is 4.37.